The van der Waals surface area contributed by atoms with Crippen molar-refractivity contribution in [1.82, 2.24) is 24.1 Å². The van der Waals surface area contributed by atoms with Crippen LogP contribution in [-0.2, 0) is 29.0 Å². The van der Waals surface area contributed by atoms with Gasteiger partial charge in [-0.15, -0.1) is 0 Å². The highest BCUT2D eigenvalue weighted by Gasteiger charge is 2.31. The maximum Gasteiger partial charge on any atom is 0.417 e. The number of nitrogens with zero attached hydrogens (tertiary/aromatic N) is 7. The molecule has 1 aromatic carbocycles. The van der Waals surface area contributed by atoms with Gasteiger partial charge in [0.25, 0.3) is 5.82 Å². The fourth-order valence-electron chi connectivity index (χ4n) is 5.17. The number of anilines is 1. The zero-order chi connectivity index (χ0) is 28.7. The lowest BCUT2D eigenvalue weighted by Gasteiger charge is -2.27. The number of hydrogen-bond donors (Lipinski definition) is 0. The molecule has 1 unspecified atom stereocenters. The third-order valence-corrected chi connectivity index (χ3v) is 7.02. The second-order valence-corrected chi connectivity index (χ2v) is 11.1. The lowest BCUT2D eigenvalue weighted by molar-refractivity contribution is 0.0574. The molecule has 212 valence electrons. The van der Waals surface area contributed by atoms with Crippen LogP contribution < -0.4 is 9.64 Å². The molecule has 12 heteroatoms. The number of carbonyl (C=O) groups excluding carboxylic acids is 1. The second kappa shape index (κ2) is 10.5. The second-order valence-electron chi connectivity index (χ2n) is 11.1. The third kappa shape index (κ3) is 5.32. The average molecular weight is 560 g/mol. The molecule has 2 aliphatic rings. The topological polar surface area (TPSA) is 100 Å². The number of rotatable bonds is 6. The Hall–Kier alpha value is -4.50. The summed E-state index contributed by atoms with van der Waals surface area (Å²) in [5, 5.41) is 4.70. The van der Waals surface area contributed by atoms with E-state index < -0.39 is 17.5 Å². The molecule has 3 aromatic heterocycles. The monoisotopic (exact) mass is 559 g/mol. The van der Waals surface area contributed by atoms with E-state index in [1.54, 1.807) is 37.4 Å². The molecule has 6 rings (SSSR count). The normalized spacial score (nSPS) is 16.4. The van der Waals surface area contributed by atoms with Gasteiger partial charge in [0.05, 0.1) is 37.1 Å². The Morgan fingerprint density at radius 3 is 2.90 bits per heavy atom. The predicted octanol–water partition coefficient (Wildman–Crippen LogP) is 5.34. The standard InChI is InChI=1S/C29H30FN7O4/c1-29(2,3)41-28(38)37(16-21-19-10-13-40-24(19)8-7-22(21)30)27-32-14-20(26-33-25(31-4)17-36(26)27)23-9-11-35(34-23)15-18-6-5-12-39-18/h7-9,11,14,17-18H,5-6,10,12-13,15-16H2,1-3H3. The van der Waals surface area contributed by atoms with Crippen molar-refractivity contribution >= 4 is 23.5 Å². The minimum atomic E-state index is -0.818. The van der Waals surface area contributed by atoms with Gasteiger partial charge in [-0.05, 0) is 51.8 Å². The van der Waals surface area contributed by atoms with Crippen LogP contribution in [0.5, 0.6) is 5.75 Å². The molecule has 0 N–H and O–H groups in total. The number of imidazole rings is 1. The first kappa shape index (κ1) is 26.7. The quantitative estimate of drug-likeness (QED) is 0.294. The van der Waals surface area contributed by atoms with Gasteiger partial charge in [0.15, 0.2) is 0 Å². The largest absolute Gasteiger partial charge is 0.493 e. The smallest absolute Gasteiger partial charge is 0.417 e. The maximum absolute atomic E-state index is 15.2. The summed E-state index contributed by atoms with van der Waals surface area (Å²) in [6.45, 7) is 14.5. The van der Waals surface area contributed by atoms with Gasteiger partial charge in [-0.25, -0.2) is 19.1 Å². The molecule has 0 saturated carbocycles. The van der Waals surface area contributed by atoms with Crippen LogP contribution in [0.25, 0.3) is 21.7 Å². The Labute approximate surface area is 236 Å². The first-order valence-electron chi connectivity index (χ1n) is 13.5. The van der Waals surface area contributed by atoms with Crippen LogP contribution in [0.2, 0.25) is 0 Å². The van der Waals surface area contributed by atoms with Crippen LogP contribution >= 0.6 is 0 Å². The van der Waals surface area contributed by atoms with Crippen LogP contribution in [0.4, 0.5) is 21.0 Å². The van der Waals surface area contributed by atoms with Crippen molar-refractivity contribution in [2.24, 2.45) is 0 Å². The number of fused-ring (bicyclic) bond motifs is 2. The van der Waals surface area contributed by atoms with Crippen LogP contribution in [0.1, 0.15) is 44.7 Å². The molecule has 0 bridgehead atoms. The third-order valence-electron chi connectivity index (χ3n) is 7.02. The molecule has 2 aliphatic heterocycles. The van der Waals surface area contributed by atoms with E-state index in [1.807, 2.05) is 16.9 Å². The summed E-state index contributed by atoms with van der Waals surface area (Å²) in [5.41, 5.74) is 1.79. The number of hydrogen-bond acceptors (Lipinski definition) is 7. The Morgan fingerprint density at radius 2 is 2.15 bits per heavy atom. The molecule has 0 radical (unpaired) electrons. The van der Waals surface area contributed by atoms with Crippen LogP contribution in [0.15, 0.2) is 36.8 Å². The van der Waals surface area contributed by atoms with E-state index in [4.69, 9.17) is 25.9 Å². The molecule has 1 saturated heterocycles. The van der Waals surface area contributed by atoms with Crippen molar-refractivity contribution in [2.75, 3.05) is 18.1 Å². The molecule has 0 spiro atoms. The first-order chi connectivity index (χ1) is 19.7. The van der Waals surface area contributed by atoms with Crippen molar-refractivity contribution in [1.29, 1.82) is 0 Å². The SMILES string of the molecule is [C-]#[N+]c1cn2c(N(Cc3c(F)ccc4c3CCO4)C(=O)OC(C)(C)C)ncc(-c3ccn(CC4CCCO4)n3)c2n1. The molecule has 41 heavy (non-hydrogen) atoms. The van der Waals surface area contributed by atoms with Crippen LogP contribution in [-0.4, -0.2) is 55.2 Å². The molecular weight excluding hydrogens is 529 g/mol. The zero-order valence-corrected chi connectivity index (χ0v) is 23.1. The fraction of sp³-hybridized carbons (Fsp3) is 0.414. The van der Waals surface area contributed by atoms with Gasteiger partial charge in [0.1, 0.15) is 17.2 Å². The van der Waals surface area contributed by atoms with E-state index in [9.17, 15) is 4.79 Å². The lowest BCUT2D eigenvalue weighted by atomic mass is 10.0. The fourth-order valence-corrected chi connectivity index (χ4v) is 5.17. The molecule has 5 heterocycles. The Morgan fingerprint density at radius 1 is 1.29 bits per heavy atom. The minimum absolute atomic E-state index is 0.114. The molecular formula is C29H30FN7O4. The van der Waals surface area contributed by atoms with E-state index >= 15 is 4.39 Å². The van der Waals surface area contributed by atoms with Crippen LogP contribution in [0, 0.1) is 12.4 Å². The summed E-state index contributed by atoms with van der Waals surface area (Å²) in [7, 11) is 0. The van der Waals surface area contributed by atoms with Gasteiger partial charge < -0.3 is 19.1 Å². The highest BCUT2D eigenvalue weighted by molar-refractivity contribution is 5.88. The number of carbonyl (C=O) groups is 1. The summed E-state index contributed by atoms with van der Waals surface area (Å²) < 4.78 is 35.7. The molecule has 1 amide bonds. The van der Waals surface area contributed by atoms with Gasteiger partial charge >= 0.3 is 6.09 Å². The van der Waals surface area contributed by atoms with Gasteiger partial charge in [-0.1, -0.05) is 11.6 Å². The Bertz CT molecular complexity index is 1660. The summed E-state index contributed by atoms with van der Waals surface area (Å²) in [6.07, 6.45) is 6.89. The van der Waals surface area contributed by atoms with Gasteiger partial charge in [0.2, 0.25) is 11.6 Å². The zero-order valence-electron chi connectivity index (χ0n) is 23.1. The van der Waals surface area contributed by atoms with Crippen molar-refractivity contribution < 1.29 is 23.4 Å². The summed E-state index contributed by atoms with van der Waals surface area (Å²) in [4.78, 5) is 27.5. The highest BCUT2D eigenvalue weighted by atomic mass is 19.1. The van der Waals surface area contributed by atoms with Gasteiger partial charge in [-0.2, -0.15) is 5.10 Å². The number of benzene rings is 1. The van der Waals surface area contributed by atoms with E-state index in [2.05, 4.69) is 14.8 Å². The molecule has 1 fully saturated rings. The Balaban J connectivity index is 1.43. The first-order valence-corrected chi connectivity index (χ1v) is 13.5. The molecule has 4 aromatic rings. The van der Waals surface area contributed by atoms with Crippen LogP contribution in [0.3, 0.4) is 0 Å². The van der Waals surface area contributed by atoms with Crippen molar-refractivity contribution in [3.63, 3.8) is 0 Å². The molecule has 0 aliphatic carbocycles. The number of ether oxygens (including phenoxy) is 3. The van der Waals surface area contributed by atoms with Crippen molar-refractivity contribution in [2.45, 2.75) is 64.8 Å². The number of aromatic nitrogens is 5. The van der Waals surface area contributed by atoms with Crippen molar-refractivity contribution in [3.8, 4) is 17.0 Å². The number of amides is 1. The highest BCUT2D eigenvalue weighted by Crippen LogP contribution is 2.34. The average Bonchev–Trinajstić information content (AvgIpc) is 3.74. The van der Waals surface area contributed by atoms with Gasteiger partial charge in [-0.3, -0.25) is 9.08 Å². The minimum Gasteiger partial charge on any atom is -0.493 e. The summed E-state index contributed by atoms with van der Waals surface area (Å²) >= 11 is 0. The predicted molar refractivity (Wildman–Crippen MR) is 147 cm³/mol. The van der Waals surface area contributed by atoms with E-state index in [0.29, 0.717) is 53.4 Å². The molecule has 1 atom stereocenters. The Kier molecular flexibility index (Phi) is 6.83. The summed E-state index contributed by atoms with van der Waals surface area (Å²) in [5.74, 6) is 0.383. The van der Waals surface area contributed by atoms with E-state index in [1.165, 1.54) is 17.2 Å². The summed E-state index contributed by atoms with van der Waals surface area (Å²) in [6, 6.07) is 4.78. The van der Waals surface area contributed by atoms with Crippen molar-refractivity contribution in [3.05, 3.63) is 65.2 Å². The molecule has 11 nitrogen and oxygen atoms in total. The van der Waals surface area contributed by atoms with Gasteiger partial charge in [0, 0.05) is 42.7 Å². The number of halogens is 1. The van der Waals surface area contributed by atoms with E-state index in [-0.39, 0.29) is 24.4 Å². The maximum atomic E-state index is 15.2. The lowest BCUT2D eigenvalue weighted by Crippen LogP contribution is -2.38. The van der Waals surface area contributed by atoms with E-state index in [0.717, 1.165) is 19.4 Å².